The molecule has 4 nitrogen and oxygen atoms in total. The molecule has 1 aromatic heterocycles. The van der Waals surface area contributed by atoms with Crippen molar-refractivity contribution in [2.75, 3.05) is 6.61 Å². The summed E-state index contributed by atoms with van der Waals surface area (Å²) in [5.74, 6) is -0.246. The van der Waals surface area contributed by atoms with Gasteiger partial charge in [0.15, 0.2) is 0 Å². The minimum absolute atomic E-state index is 0.213. The van der Waals surface area contributed by atoms with Gasteiger partial charge in [-0.25, -0.2) is 4.79 Å². The molecule has 0 unspecified atom stereocenters. The van der Waals surface area contributed by atoms with Crippen LogP contribution in [0.25, 0.3) is 0 Å². The Balaban J connectivity index is 1.76. The molecule has 0 bridgehead atoms. The fraction of sp³-hybridized carbons (Fsp3) is 0.538. The van der Waals surface area contributed by atoms with Crippen LogP contribution in [0, 0.1) is 5.92 Å². The molecule has 0 amide bonds. The molecule has 4 heteroatoms. The molecule has 0 atom stereocenters. The van der Waals surface area contributed by atoms with Crippen LogP contribution in [0.3, 0.4) is 0 Å². The lowest BCUT2D eigenvalue weighted by Crippen LogP contribution is -2.06. The largest absolute Gasteiger partial charge is 0.478 e. The summed E-state index contributed by atoms with van der Waals surface area (Å²) >= 11 is 0. The van der Waals surface area contributed by atoms with Gasteiger partial charge < -0.3 is 9.84 Å². The van der Waals surface area contributed by atoms with E-state index in [1.165, 1.54) is 31.9 Å². The average Bonchev–Trinajstić information content (AvgIpc) is 2.83. The van der Waals surface area contributed by atoms with Gasteiger partial charge in [0.2, 0.25) is 0 Å². The minimum atomic E-state index is -0.948. The number of pyridine rings is 1. The molecule has 1 N–H and O–H groups in total. The van der Waals surface area contributed by atoms with Crippen LogP contribution in [0.15, 0.2) is 18.3 Å². The van der Waals surface area contributed by atoms with Crippen molar-refractivity contribution >= 4 is 5.97 Å². The number of aromatic carboxylic acids is 1. The van der Waals surface area contributed by atoms with E-state index in [9.17, 15) is 4.79 Å². The van der Waals surface area contributed by atoms with Crippen LogP contribution in [-0.4, -0.2) is 22.7 Å². The van der Waals surface area contributed by atoms with Crippen LogP contribution in [0.2, 0.25) is 0 Å². The SMILES string of the molecule is O=C(O)c1ccc(COCC2CCCC2)nc1. The molecule has 0 aromatic carbocycles. The summed E-state index contributed by atoms with van der Waals surface area (Å²) in [6.45, 7) is 1.26. The smallest absolute Gasteiger partial charge is 0.337 e. The number of aromatic nitrogens is 1. The molecule has 1 aromatic rings. The van der Waals surface area contributed by atoms with Gasteiger partial charge >= 0.3 is 5.97 Å². The first-order valence-electron chi connectivity index (χ1n) is 6.01. The summed E-state index contributed by atoms with van der Waals surface area (Å²) in [5, 5.41) is 8.72. The highest BCUT2D eigenvalue weighted by Crippen LogP contribution is 2.24. The van der Waals surface area contributed by atoms with Crippen LogP contribution in [0.1, 0.15) is 41.7 Å². The lowest BCUT2D eigenvalue weighted by atomic mass is 10.1. The zero-order valence-corrected chi connectivity index (χ0v) is 9.76. The Bertz CT molecular complexity index is 369. The van der Waals surface area contributed by atoms with Crippen LogP contribution in [0.5, 0.6) is 0 Å². The first kappa shape index (κ1) is 12.0. The molecule has 0 saturated heterocycles. The number of nitrogens with zero attached hydrogens (tertiary/aromatic N) is 1. The molecule has 0 aliphatic heterocycles. The van der Waals surface area contributed by atoms with Crippen LogP contribution in [0.4, 0.5) is 0 Å². The quantitative estimate of drug-likeness (QED) is 0.851. The Hall–Kier alpha value is -1.42. The van der Waals surface area contributed by atoms with Crippen LogP contribution < -0.4 is 0 Å². The number of ether oxygens (including phenoxy) is 1. The standard InChI is InChI=1S/C13H17NO3/c15-13(16)11-5-6-12(14-7-11)9-17-8-10-3-1-2-4-10/h5-7,10H,1-4,8-9H2,(H,15,16). The third-order valence-electron chi connectivity index (χ3n) is 3.15. The van der Waals surface area contributed by atoms with Gasteiger partial charge in [-0.1, -0.05) is 12.8 Å². The van der Waals surface area contributed by atoms with Gasteiger partial charge in [-0.3, -0.25) is 4.98 Å². The average molecular weight is 235 g/mol. The normalized spacial score (nSPS) is 16.2. The van der Waals surface area contributed by atoms with Gasteiger partial charge in [0.1, 0.15) is 0 Å². The number of hydrogen-bond donors (Lipinski definition) is 1. The van der Waals surface area contributed by atoms with E-state index in [0.29, 0.717) is 12.5 Å². The molecule has 1 heterocycles. The van der Waals surface area contributed by atoms with Gasteiger partial charge in [-0.2, -0.15) is 0 Å². The predicted octanol–water partition coefficient (Wildman–Crippen LogP) is 2.49. The van der Waals surface area contributed by atoms with Crippen molar-refractivity contribution in [3.8, 4) is 0 Å². The monoisotopic (exact) mass is 235 g/mol. The van der Waals surface area contributed by atoms with E-state index in [1.807, 2.05) is 0 Å². The van der Waals surface area contributed by atoms with E-state index in [2.05, 4.69) is 4.98 Å². The maximum atomic E-state index is 10.6. The molecule has 1 aliphatic rings. The van der Waals surface area contributed by atoms with Crippen molar-refractivity contribution in [3.05, 3.63) is 29.6 Å². The minimum Gasteiger partial charge on any atom is -0.478 e. The lowest BCUT2D eigenvalue weighted by Gasteiger charge is -2.09. The van der Waals surface area contributed by atoms with Crippen LogP contribution >= 0.6 is 0 Å². The second kappa shape index (κ2) is 5.77. The summed E-state index contributed by atoms with van der Waals surface area (Å²) in [6, 6.07) is 3.27. The van der Waals surface area contributed by atoms with E-state index in [4.69, 9.17) is 9.84 Å². The van der Waals surface area contributed by atoms with E-state index in [-0.39, 0.29) is 5.56 Å². The topological polar surface area (TPSA) is 59.4 Å². The third-order valence-corrected chi connectivity index (χ3v) is 3.15. The fourth-order valence-corrected chi connectivity index (χ4v) is 2.14. The van der Waals surface area contributed by atoms with Crippen molar-refractivity contribution in [2.24, 2.45) is 5.92 Å². The Morgan fingerprint density at radius 1 is 1.41 bits per heavy atom. The van der Waals surface area contributed by atoms with Gasteiger partial charge in [-0.15, -0.1) is 0 Å². The Kier molecular flexibility index (Phi) is 4.09. The Morgan fingerprint density at radius 2 is 2.18 bits per heavy atom. The van der Waals surface area contributed by atoms with Crippen molar-refractivity contribution in [2.45, 2.75) is 32.3 Å². The molecule has 1 saturated carbocycles. The van der Waals surface area contributed by atoms with Gasteiger partial charge in [-0.05, 0) is 30.9 Å². The molecule has 1 fully saturated rings. The molecule has 17 heavy (non-hydrogen) atoms. The molecular weight excluding hydrogens is 218 g/mol. The van der Waals surface area contributed by atoms with E-state index in [1.54, 1.807) is 12.1 Å². The number of hydrogen-bond acceptors (Lipinski definition) is 3. The highest BCUT2D eigenvalue weighted by atomic mass is 16.5. The Labute approximate surface area is 101 Å². The summed E-state index contributed by atoms with van der Waals surface area (Å²) in [4.78, 5) is 14.7. The van der Waals surface area contributed by atoms with Crippen molar-refractivity contribution in [1.82, 2.24) is 4.98 Å². The van der Waals surface area contributed by atoms with E-state index in [0.717, 1.165) is 12.3 Å². The maximum Gasteiger partial charge on any atom is 0.337 e. The zero-order chi connectivity index (χ0) is 12.1. The molecule has 2 rings (SSSR count). The first-order chi connectivity index (χ1) is 8.25. The number of carboxylic acids is 1. The van der Waals surface area contributed by atoms with Crippen LogP contribution in [-0.2, 0) is 11.3 Å². The predicted molar refractivity (Wildman–Crippen MR) is 62.8 cm³/mol. The summed E-state index contributed by atoms with van der Waals surface area (Å²) in [7, 11) is 0. The summed E-state index contributed by atoms with van der Waals surface area (Å²) in [5.41, 5.74) is 0.998. The summed E-state index contributed by atoms with van der Waals surface area (Å²) in [6.07, 6.45) is 6.55. The zero-order valence-electron chi connectivity index (χ0n) is 9.76. The molecule has 1 aliphatic carbocycles. The molecular formula is C13H17NO3. The second-order valence-corrected chi connectivity index (χ2v) is 4.51. The third kappa shape index (κ3) is 3.53. The molecule has 0 radical (unpaired) electrons. The maximum absolute atomic E-state index is 10.6. The highest BCUT2D eigenvalue weighted by molar-refractivity contribution is 5.87. The number of carbonyl (C=O) groups is 1. The Morgan fingerprint density at radius 3 is 2.76 bits per heavy atom. The van der Waals surface area contributed by atoms with Gasteiger partial charge in [0.05, 0.1) is 17.9 Å². The van der Waals surface area contributed by atoms with E-state index >= 15 is 0 Å². The van der Waals surface area contributed by atoms with Gasteiger partial charge in [0, 0.05) is 12.8 Å². The van der Waals surface area contributed by atoms with Crippen molar-refractivity contribution < 1.29 is 14.6 Å². The number of carboxylic acid groups (broad SMARTS) is 1. The second-order valence-electron chi connectivity index (χ2n) is 4.51. The van der Waals surface area contributed by atoms with Crippen molar-refractivity contribution in [1.29, 1.82) is 0 Å². The molecule has 92 valence electrons. The fourth-order valence-electron chi connectivity index (χ4n) is 2.14. The number of rotatable bonds is 5. The summed E-state index contributed by atoms with van der Waals surface area (Å²) < 4.78 is 5.59. The first-order valence-corrected chi connectivity index (χ1v) is 6.01. The van der Waals surface area contributed by atoms with Crippen molar-refractivity contribution in [3.63, 3.8) is 0 Å². The highest BCUT2D eigenvalue weighted by Gasteiger charge is 2.14. The van der Waals surface area contributed by atoms with Gasteiger partial charge in [0.25, 0.3) is 0 Å². The lowest BCUT2D eigenvalue weighted by molar-refractivity contribution is 0.0695. The molecule has 0 spiro atoms. The van der Waals surface area contributed by atoms with E-state index < -0.39 is 5.97 Å².